The summed E-state index contributed by atoms with van der Waals surface area (Å²) in [6.07, 6.45) is -2.61. The van der Waals surface area contributed by atoms with Crippen LogP contribution >= 0.6 is 0 Å². The van der Waals surface area contributed by atoms with Crippen LogP contribution in [-0.4, -0.2) is 61.8 Å². The van der Waals surface area contributed by atoms with Crippen LogP contribution in [0, 0.1) is 0 Å². The summed E-state index contributed by atoms with van der Waals surface area (Å²) in [5, 5.41) is 5.50. The van der Waals surface area contributed by atoms with Crippen LogP contribution in [0.1, 0.15) is 28.8 Å². The van der Waals surface area contributed by atoms with Crippen molar-refractivity contribution in [2.24, 2.45) is 0 Å². The summed E-state index contributed by atoms with van der Waals surface area (Å²) in [5.41, 5.74) is 0.0148. The summed E-state index contributed by atoms with van der Waals surface area (Å²) >= 11 is 0. The number of carbonyl (C=O) groups is 2. The smallest absolute Gasteiger partial charge is 0.336 e. The van der Waals surface area contributed by atoms with Crippen molar-refractivity contribution in [3.05, 3.63) is 59.7 Å². The summed E-state index contributed by atoms with van der Waals surface area (Å²) in [6.45, 7) is 0.330. The molecule has 2 fully saturated rings. The number of rotatable bonds is 5. The maximum Gasteiger partial charge on any atom is 0.416 e. The third-order valence-electron chi connectivity index (χ3n) is 5.65. The molecule has 12 heteroatoms. The van der Waals surface area contributed by atoms with Gasteiger partial charge in [0.1, 0.15) is 0 Å². The van der Waals surface area contributed by atoms with E-state index in [9.17, 15) is 31.2 Å². The Bertz CT molecular complexity index is 1160. The zero-order valence-electron chi connectivity index (χ0n) is 18.0. The fourth-order valence-corrected chi connectivity index (χ4v) is 4.98. The summed E-state index contributed by atoms with van der Waals surface area (Å²) in [4.78, 5) is 25.9. The highest BCUT2D eigenvalue weighted by Gasteiger charge is 2.33. The first-order valence-electron chi connectivity index (χ1n) is 10.7. The fraction of sp³-hybridized carbons (Fsp3) is 0.364. The van der Waals surface area contributed by atoms with Gasteiger partial charge in [0.25, 0.3) is 5.91 Å². The number of hydrogen-bond acceptors (Lipinski definition) is 4. The lowest BCUT2D eigenvalue weighted by atomic mass is 10.1. The Balaban J connectivity index is 1.33. The minimum atomic E-state index is -4.55. The minimum absolute atomic E-state index is 0.0239. The molecule has 2 aliphatic rings. The lowest BCUT2D eigenvalue weighted by Crippen LogP contribution is -2.50. The molecule has 182 valence electrons. The zero-order chi connectivity index (χ0) is 24.5. The summed E-state index contributed by atoms with van der Waals surface area (Å²) < 4.78 is 65.0. The average molecular weight is 497 g/mol. The number of benzene rings is 2. The van der Waals surface area contributed by atoms with Crippen LogP contribution in [0.3, 0.4) is 0 Å². The number of piperazine rings is 1. The van der Waals surface area contributed by atoms with Gasteiger partial charge in [-0.15, -0.1) is 0 Å². The molecule has 0 radical (unpaired) electrons. The monoisotopic (exact) mass is 496 g/mol. The standard InChI is InChI=1S/C22H23F3N4O4S/c23-22(24,25)16-3-9-19(10-4-16)34(32,33)29-13-11-28(12-14-29)20(30)15-1-5-17(6-2-15)26-21(31)27-18-7-8-18/h1-6,9-10,18H,7-8,11-14H2,(H2,26,27,31). The number of halogens is 3. The van der Waals surface area contributed by atoms with Crippen LogP contribution in [0.4, 0.5) is 23.7 Å². The second kappa shape index (κ2) is 9.26. The maximum absolute atomic E-state index is 12.8. The Morgan fingerprint density at radius 1 is 0.882 bits per heavy atom. The van der Waals surface area contributed by atoms with Crippen LogP contribution < -0.4 is 10.6 Å². The predicted molar refractivity (Wildman–Crippen MR) is 118 cm³/mol. The molecule has 0 unspecified atom stereocenters. The van der Waals surface area contributed by atoms with Gasteiger partial charge in [0.05, 0.1) is 10.5 Å². The summed E-state index contributed by atoms with van der Waals surface area (Å²) in [7, 11) is -3.98. The molecule has 1 heterocycles. The van der Waals surface area contributed by atoms with Crippen molar-refractivity contribution in [1.82, 2.24) is 14.5 Å². The molecule has 2 aromatic rings. The van der Waals surface area contributed by atoms with Gasteiger partial charge in [0.2, 0.25) is 10.0 Å². The first-order chi connectivity index (χ1) is 16.0. The number of nitrogens with zero attached hydrogens (tertiary/aromatic N) is 2. The molecular weight excluding hydrogens is 473 g/mol. The Labute approximate surface area is 194 Å². The third kappa shape index (κ3) is 5.50. The molecule has 1 aliphatic carbocycles. The van der Waals surface area contributed by atoms with E-state index in [0.29, 0.717) is 11.3 Å². The third-order valence-corrected chi connectivity index (χ3v) is 7.56. The molecule has 0 bridgehead atoms. The quantitative estimate of drug-likeness (QED) is 0.665. The molecule has 0 atom stereocenters. The Morgan fingerprint density at radius 3 is 2.00 bits per heavy atom. The van der Waals surface area contributed by atoms with Crippen LogP contribution in [-0.2, 0) is 16.2 Å². The molecule has 1 saturated heterocycles. The molecule has 34 heavy (non-hydrogen) atoms. The highest BCUT2D eigenvalue weighted by atomic mass is 32.2. The van der Waals surface area contributed by atoms with Crippen LogP contribution in [0.5, 0.6) is 0 Å². The lowest BCUT2D eigenvalue weighted by molar-refractivity contribution is -0.137. The normalized spacial score (nSPS) is 17.3. The summed E-state index contributed by atoms with van der Waals surface area (Å²) in [6, 6.07) is 9.68. The molecule has 0 spiro atoms. The summed E-state index contributed by atoms with van der Waals surface area (Å²) in [5.74, 6) is -0.277. The number of carbonyl (C=O) groups excluding carboxylic acids is 2. The average Bonchev–Trinajstić information content (AvgIpc) is 3.62. The molecule has 0 aromatic heterocycles. The van der Waals surface area contributed by atoms with Crippen LogP contribution in [0.15, 0.2) is 53.4 Å². The van der Waals surface area contributed by atoms with E-state index in [1.807, 2.05) is 0 Å². The molecule has 4 rings (SSSR count). The largest absolute Gasteiger partial charge is 0.416 e. The van der Waals surface area contributed by atoms with E-state index < -0.39 is 21.8 Å². The van der Waals surface area contributed by atoms with E-state index in [-0.39, 0.29) is 49.1 Å². The van der Waals surface area contributed by atoms with Crippen molar-refractivity contribution in [2.45, 2.75) is 30.0 Å². The number of urea groups is 1. The SMILES string of the molecule is O=C(Nc1ccc(C(=O)N2CCN(S(=O)(=O)c3ccc(C(F)(F)F)cc3)CC2)cc1)NC1CC1. The number of nitrogens with one attached hydrogen (secondary N) is 2. The fourth-order valence-electron chi connectivity index (χ4n) is 3.56. The maximum atomic E-state index is 12.8. The van der Waals surface area contributed by atoms with Crippen LogP contribution in [0.2, 0.25) is 0 Å². The Morgan fingerprint density at radius 2 is 1.47 bits per heavy atom. The van der Waals surface area contributed by atoms with Crippen molar-refractivity contribution in [2.75, 3.05) is 31.5 Å². The van der Waals surface area contributed by atoms with Gasteiger partial charge in [-0.25, -0.2) is 13.2 Å². The lowest BCUT2D eigenvalue weighted by Gasteiger charge is -2.34. The minimum Gasteiger partial charge on any atom is -0.336 e. The second-order valence-corrected chi connectivity index (χ2v) is 10.1. The van der Waals surface area contributed by atoms with Crippen LogP contribution in [0.25, 0.3) is 0 Å². The van der Waals surface area contributed by atoms with Crippen molar-refractivity contribution in [1.29, 1.82) is 0 Å². The van der Waals surface area contributed by atoms with Gasteiger partial charge in [-0.3, -0.25) is 4.79 Å². The van der Waals surface area contributed by atoms with Gasteiger partial charge in [0.15, 0.2) is 0 Å². The number of hydrogen-bond donors (Lipinski definition) is 2. The first-order valence-corrected chi connectivity index (χ1v) is 12.1. The highest BCUT2D eigenvalue weighted by Crippen LogP contribution is 2.30. The molecule has 3 amide bonds. The van der Waals surface area contributed by atoms with Gasteiger partial charge in [-0.2, -0.15) is 17.5 Å². The Kier molecular flexibility index (Phi) is 6.54. The molecule has 1 saturated carbocycles. The van der Waals surface area contributed by atoms with Crippen molar-refractivity contribution >= 4 is 27.6 Å². The van der Waals surface area contributed by atoms with Crippen molar-refractivity contribution < 1.29 is 31.2 Å². The topological polar surface area (TPSA) is 98.8 Å². The van der Waals surface area contributed by atoms with Crippen molar-refractivity contribution in [3.8, 4) is 0 Å². The van der Waals surface area contributed by atoms with E-state index in [2.05, 4.69) is 10.6 Å². The molecule has 8 nitrogen and oxygen atoms in total. The first kappa shape index (κ1) is 24.0. The molecule has 1 aliphatic heterocycles. The zero-order valence-corrected chi connectivity index (χ0v) is 18.8. The molecular formula is C22H23F3N4O4S. The Hall–Kier alpha value is -3.12. The van der Waals surface area contributed by atoms with Gasteiger partial charge in [-0.1, -0.05) is 0 Å². The highest BCUT2D eigenvalue weighted by molar-refractivity contribution is 7.89. The van der Waals surface area contributed by atoms with Gasteiger partial charge in [0, 0.05) is 43.5 Å². The van der Waals surface area contributed by atoms with Gasteiger partial charge < -0.3 is 15.5 Å². The predicted octanol–water partition coefficient (Wildman–Crippen LogP) is 3.14. The van der Waals surface area contributed by atoms with E-state index in [0.717, 1.165) is 41.4 Å². The van der Waals surface area contributed by atoms with E-state index in [1.54, 1.807) is 24.3 Å². The van der Waals surface area contributed by atoms with Crippen molar-refractivity contribution in [3.63, 3.8) is 0 Å². The van der Waals surface area contributed by atoms with E-state index >= 15 is 0 Å². The molecule has 2 aromatic carbocycles. The number of anilines is 1. The van der Waals surface area contributed by atoms with Gasteiger partial charge in [-0.05, 0) is 61.4 Å². The number of sulfonamides is 1. The second-order valence-electron chi connectivity index (χ2n) is 8.17. The van der Waals surface area contributed by atoms with Gasteiger partial charge >= 0.3 is 12.2 Å². The number of amides is 3. The van der Waals surface area contributed by atoms with E-state index in [4.69, 9.17) is 0 Å². The number of alkyl halides is 3. The van der Waals surface area contributed by atoms with E-state index in [1.165, 1.54) is 4.90 Å². The molecule has 2 N–H and O–H groups in total.